The predicted molar refractivity (Wildman–Crippen MR) is 50.6 cm³/mol. The molecule has 13 heavy (non-hydrogen) atoms. The summed E-state index contributed by atoms with van der Waals surface area (Å²) in [5.74, 6) is 0.952. The van der Waals surface area contributed by atoms with Gasteiger partial charge in [-0.25, -0.2) is 0 Å². The van der Waals surface area contributed by atoms with Crippen molar-refractivity contribution < 1.29 is 4.74 Å². The molecule has 0 saturated carbocycles. The average Bonchev–Trinajstić information content (AvgIpc) is 2.56. The molecule has 0 radical (unpaired) electrons. The molecule has 0 fully saturated rings. The molecule has 1 aliphatic rings. The Balaban J connectivity index is 2.44. The molecule has 4 heteroatoms. The van der Waals surface area contributed by atoms with Crippen LogP contribution in [0.2, 0.25) is 0 Å². The first kappa shape index (κ1) is 8.59. The topological polar surface area (TPSA) is 52.2 Å². The summed E-state index contributed by atoms with van der Waals surface area (Å²) in [5.41, 5.74) is 8.02. The largest absolute Gasteiger partial charge is 0.495 e. The number of nitrogens with zero attached hydrogens (tertiary/aromatic N) is 1. The summed E-state index contributed by atoms with van der Waals surface area (Å²) in [6.45, 7) is 3.46. The third-order valence-corrected chi connectivity index (χ3v) is 2.49. The third-order valence-electron chi connectivity index (χ3n) is 2.49. The first-order chi connectivity index (χ1) is 6.36. The number of aromatic nitrogens is 1. The van der Waals surface area contributed by atoms with Gasteiger partial charge in [0.2, 0.25) is 0 Å². The zero-order valence-corrected chi connectivity index (χ0v) is 7.84. The molecule has 0 atom stereocenters. The highest BCUT2D eigenvalue weighted by molar-refractivity contribution is 5.35. The lowest BCUT2D eigenvalue weighted by molar-refractivity contribution is 0.396. The minimum atomic E-state index is 0.580. The van der Waals surface area contributed by atoms with Crippen molar-refractivity contribution in [3.05, 3.63) is 17.5 Å². The molecule has 72 valence electrons. The van der Waals surface area contributed by atoms with E-state index in [1.165, 1.54) is 5.69 Å². The van der Waals surface area contributed by atoms with Crippen molar-refractivity contribution in [1.29, 1.82) is 0 Å². The fraction of sp³-hybridized carbons (Fsp3) is 0.556. The van der Waals surface area contributed by atoms with E-state index < -0.39 is 0 Å². The number of rotatable bonds is 2. The van der Waals surface area contributed by atoms with E-state index in [2.05, 4.69) is 9.88 Å². The van der Waals surface area contributed by atoms with Gasteiger partial charge in [0.25, 0.3) is 0 Å². The molecular formula is C9H15N3O. The zero-order valence-electron chi connectivity index (χ0n) is 7.84. The predicted octanol–water partition coefficient (Wildman–Crippen LogP) is 0.0586. The van der Waals surface area contributed by atoms with Crippen LogP contribution in [-0.4, -0.2) is 18.2 Å². The molecule has 0 amide bonds. The second-order valence-corrected chi connectivity index (χ2v) is 3.18. The highest BCUT2D eigenvalue weighted by Gasteiger charge is 2.17. The van der Waals surface area contributed by atoms with E-state index in [9.17, 15) is 0 Å². The van der Waals surface area contributed by atoms with Gasteiger partial charge in [-0.05, 0) is 0 Å². The molecule has 4 nitrogen and oxygen atoms in total. The molecule has 0 spiro atoms. The maximum Gasteiger partial charge on any atom is 0.141 e. The van der Waals surface area contributed by atoms with Crippen molar-refractivity contribution in [2.45, 2.75) is 19.6 Å². The van der Waals surface area contributed by atoms with E-state index in [-0.39, 0.29) is 0 Å². The summed E-state index contributed by atoms with van der Waals surface area (Å²) < 4.78 is 7.52. The number of nitrogens with two attached hydrogens (primary N) is 1. The highest BCUT2D eigenvalue weighted by Crippen LogP contribution is 2.24. The second kappa shape index (κ2) is 3.40. The molecule has 0 aliphatic carbocycles. The van der Waals surface area contributed by atoms with Gasteiger partial charge in [0.05, 0.1) is 12.8 Å². The summed E-state index contributed by atoms with van der Waals surface area (Å²) in [5, 5.41) is 3.31. The lowest BCUT2D eigenvalue weighted by Gasteiger charge is -2.19. The van der Waals surface area contributed by atoms with Crippen molar-refractivity contribution in [1.82, 2.24) is 9.88 Å². The Hall–Kier alpha value is -1.00. The monoisotopic (exact) mass is 181 g/mol. The van der Waals surface area contributed by atoms with Crippen LogP contribution in [0.5, 0.6) is 5.75 Å². The maximum atomic E-state index is 5.65. The normalized spacial score (nSPS) is 15.5. The maximum absolute atomic E-state index is 5.65. The SMILES string of the molecule is COc1cc(CN)n2c1CNCC2. The molecule has 3 N–H and O–H groups in total. The summed E-state index contributed by atoms with van der Waals surface area (Å²) in [6, 6.07) is 2.03. The highest BCUT2D eigenvalue weighted by atomic mass is 16.5. The van der Waals surface area contributed by atoms with Gasteiger partial charge in [-0.2, -0.15) is 0 Å². The van der Waals surface area contributed by atoms with Crippen molar-refractivity contribution >= 4 is 0 Å². The van der Waals surface area contributed by atoms with Crippen LogP contribution in [0.15, 0.2) is 6.07 Å². The van der Waals surface area contributed by atoms with Crippen LogP contribution in [0, 0.1) is 0 Å². The number of nitrogens with one attached hydrogen (secondary N) is 1. The third kappa shape index (κ3) is 1.32. The first-order valence-electron chi connectivity index (χ1n) is 4.53. The minimum Gasteiger partial charge on any atom is -0.495 e. The summed E-state index contributed by atoms with van der Waals surface area (Å²) in [6.07, 6.45) is 0. The van der Waals surface area contributed by atoms with E-state index in [1.54, 1.807) is 7.11 Å². The van der Waals surface area contributed by atoms with E-state index in [1.807, 2.05) is 6.07 Å². The van der Waals surface area contributed by atoms with Crippen molar-refractivity contribution in [2.24, 2.45) is 5.73 Å². The van der Waals surface area contributed by atoms with Crippen molar-refractivity contribution in [2.75, 3.05) is 13.7 Å². The van der Waals surface area contributed by atoms with Crippen LogP contribution in [0.25, 0.3) is 0 Å². The number of methoxy groups -OCH3 is 1. The smallest absolute Gasteiger partial charge is 0.141 e. The van der Waals surface area contributed by atoms with Crippen LogP contribution in [0.1, 0.15) is 11.4 Å². The Kier molecular flexibility index (Phi) is 2.24. The summed E-state index contributed by atoms with van der Waals surface area (Å²) in [4.78, 5) is 0. The number of ether oxygens (including phenoxy) is 1. The number of fused-ring (bicyclic) bond motifs is 1. The Labute approximate surface area is 77.7 Å². The van der Waals surface area contributed by atoms with Crippen LogP contribution in [0.3, 0.4) is 0 Å². The van der Waals surface area contributed by atoms with Gasteiger partial charge in [0, 0.05) is 37.9 Å². The fourth-order valence-electron chi connectivity index (χ4n) is 1.82. The second-order valence-electron chi connectivity index (χ2n) is 3.18. The van der Waals surface area contributed by atoms with Gasteiger partial charge in [0.15, 0.2) is 0 Å². The lowest BCUT2D eigenvalue weighted by Crippen LogP contribution is -2.29. The van der Waals surface area contributed by atoms with Gasteiger partial charge in [-0.1, -0.05) is 0 Å². The Morgan fingerprint density at radius 2 is 2.54 bits per heavy atom. The Morgan fingerprint density at radius 1 is 1.69 bits per heavy atom. The molecule has 0 bridgehead atoms. The van der Waals surface area contributed by atoms with Gasteiger partial charge < -0.3 is 20.4 Å². The van der Waals surface area contributed by atoms with Crippen LogP contribution < -0.4 is 15.8 Å². The average molecular weight is 181 g/mol. The molecule has 1 aliphatic heterocycles. The van der Waals surface area contributed by atoms with Gasteiger partial charge in [-0.15, -0.1) is 0 Å². The first-order valence-corrected chi connectivity index (χ1v) is 4.53. The Bertz CT molecular complexity index is 278. The molecule has 0 saturated heterocycles. The molecule has 0 unspecified atom stereocenters. The van der Waals surface area contributed by atoms with Crippen molar-refractivity contribution in [3.63, 3.8) is 0 Å². The molecule has 1 aromatic rings. The lowest BCUT2D eigenvalue weighted by atomic mass is 10.3. The molecule has 2 heterocycles. The minimum absolute atomic E-state index is 0.580. The fourth-order valence-corrected chi connectivity index (χ4v) is 1.82. The van der Waals surface area contributed by atoms with E-state index in [0.717, 1.165) is 31.1 Å². The summed E-state index contributed by atoms with van der Waals surface area (Å²) >= 11 is 0. The zero-order chi connectivity index (χ0) is 9.26. The summed E-state index contributed by atoms with van der Waals surface area (Å²) in [7, 11) is 1.70. The number of hydrogen-bond acceptors (Lipinski definition) is 3. The van der Waals surface area contributed by atoms with Crippen LogP contribution >= 0.6 is 0 Å². The molecule has 1 aromatic heterocycles. The molecule has 2 rings (SSSR count). The van der Waals surface area contributed by atoms with Gasteiger partial charge in [-0.3, -0.25) is 0 Å². The van der Waals surface area contributed by atoms with E-state index in [4.69, 9.17) is 10.5 Å². The van der Waals surface area contributed by atoms with Crippen LogP contribution in [-0.2, 0) is 19.6 Å². The Morgan fingerprint density at radius 3 is 3.23 bits per heavy atom. The quantitative estimate of drug-likeness (QED) is 0.678. The standard InChI is InChI=1S/C9H15N3O/c1-13-9-4-7(5-10)12-3-2-11-6-8(9)12/h4,11H,2-3,5-6,10H2,1H3. The van der Waals surface area contributed by atoms with E-state index >= 15 is 0 Å². The van der Waals surface area contributed by atoms with Gasteiger partial charge >= 0.3 is 0 Å². The molecular weight excluding hydrogens is 166 g/mol. The molecule has 0 aromatic carbocycles. The van der Waals surface area contributed by atoms with Gasteiger partial charge in [0.1, 0.15) is 5.75 Å². The van der Waals surface area contributed by atoms with Crippen LogP contribution in [0.4, 0.5) is 0 Å². The van der Waals surface area contributed by atoms with E-state index in [0.29, 0.717) is 6.54 Å². The van der Waals surface area contributed by atoms with Crippen molar-refractivity contribution in [3.8, 4) is 5.75 Å². The number of hydrogen-bond donors (Lipinski definition) is 2.